The number of fused-ring (bicyclic) bond motifs is 1. The number of aromatic nitrogens is 4. The number of nitrogens with zero attached hydrogens (tertiary/aromatic N) is 4. The van der Waals surface area contributed by atoms with Gasteiger partial charge in [-0.3, -0.25) is 13.9 Å². The van der Waals surface area contributed by atoms with Crippen molar-refractivity contribution in [1.29, 1.82) is 0 Å². The molecule has 0 spiro atoms. The van der Waals surface area contributed by atoms with Gasteiger partial charge >= 0.3 is 21.3 Å². The molecule has 2 heterocycles. The zero-order valence-electron chi connectivity index (χ0n) is 10.9. The van der Waals surface area contributed by atoms with Crippen LogP contribution in [-0.4, -0.2) is 33.3 Å². The molecule has 0 aromatic carbocycles. The van der Waals surface area contributed by atoms with E-state index in [2.05, 4.69) is 14.4 Å². The Morgan fingerprint density at radius 2 is 1.73 bits per heavy atom. The molecule has 0 amide bonds. The van der Waals surface area contributed by atoms with Gasteiger partial charge in [0.2, 0.25) is 0 Å². The fourth-order valence-electron chi connectivity index (χ4n) is 1.56. The summed E-state index contributed by atoms with van der Waals surface area (Å²) >= 11 is 0. The second kappa shape index (κ2) is 4.79. The average Bonchev–Trinajstić information content (AvgIpc) is 2.41. The van der Waals surface area contributed by atoms with E-state index in [-0.39, 0.29) is 11.0 Å². The van der Waals surface area contributed by atoms with Crippen LogP contribution in [0.15, 0.2) is 15.7 Å². The Balaban J connectivity index is 2.67. The standard InChI is InChI=1S/C9H7F3N4O5S/c1-15-6-4(7(17)16(2)8(15)18)3-5(13-14-6)21-22(19,20)9(10,11)12/h3H,1-2H3. The minimum absolute atomic E-state index is 0.232. The van der Waals surface area contributed by atoms with E-state index in [0.717, 1.165) is 11.6 Å². The Kier molecular flexibility index (Phi) is 3.47. The maximum absolute atomic E-state index is 12.2. The number of rotatable bonds is 2. The fourth-order valence-corrected chi connectivity index (χ4v) is 1.96. The van der Waals surface area contributed by atoms with Gasteiger partial charge in [-0.25, -0.2) is 4.79 Å². The molecule has 0 aliphatic heterocycles. The van der Waals surface area contributed by atoms with Crippen LogP contribution < -0.4 is 15.4 Å². The van der Waals surface area contributed by atoms with Crippen molar-refractivity contribution in [2.24, 2.45) is 14.1 Å². The summed E-state index contributed by atoms with van der Waals surface area (Å²) in [6.07, 6.45) is 0. The molecule has 0 saturated carbocycles. The Labute approximate surface area is 119 Å². The quantitative estimate of drug-likeness (QED) is 0.522. The van der Waals surface area contributed by atoms with Gasteiger partial charge in [-0.05, 0) is 0 Å². The van der Waals surface area contributed by atoms with E-state index in [1.54, 1.807) is 0 Å². The number of halogens is 3. The van der Waals surface area contributed by atoms with Crippen molar-refractivity contribution >= 4 is 21.2 Å². The van der Waals surface area contributed by atoms with Gasteiger partial charge in [0.05, 0.1) is 5.39 Å². The summed E-state index contributed by atoms with van der Waals surface area (Å²) < 4.78 is 63.8. The second-order valence-electron chi connectivity index (χ2n) is 4.11. The van der Waals surface area contributed by atoms with E-state index < -0.39 is 32.8 Å². The van der Waals surface area contributed by atoms with Crippen LogP contribution in [0.5, 0.6) is 5.88 Å². The lowest BCUT2D eigenvalue weighted by atomic mass is 10.3. The molecule has 0 N–H and O–H groups in total. The third kappa shape index (κ3) is 2.43. The third-order valence-corrected chi connectivity index (χ3v) is 3.61. The van der Waals surface area contributed by atoms with Crippen LogP contribution in [0.1, 0.15) is 0 Å². The van der Waals surface area contributed by atoms with E-state index in [9.17, 15) is 31.2 Å². The van der Waals surface area contributed by atoms with Gasteiger partial charge in [-0.2, -0.15) is 21.6 Å². The molecule has 22 heavy (non-hydrogen) atoms. The summed E-state index contributed by atoms with van der Waals surface area (Å²) in [5.74, 6) is -1.04. The first kappa shape index (κ1) is 15.9. The molecule has 0 saturated heterocycles. The Bertz CT molecular complexity index is 976. The first-order valence-corrected chi connectivity index (χ1v) is 6.81. The van der Waals surface area contributed by atoms with Crippen molar-refractivity contribution in [1.82, 2.24) is 19.3 Å². The molecule has 13 heteroatoms. The highest BCUT2D eigenvalue weighted by Crippen LogP contribution is 2.26. The maximum atomic E-state index is 12.2. The minimum Gasteiger partial charge on any atom is -0.354 e. The predicted molar refractivity (Wildman–Crippen MR) is 65.6 cm³/mol. The van der Waals surface area contributed by atoms with Crippen LogP contribution >= 0.6 is 0 Å². The summed E-state index contributed by atoms with van der Waals surface area (Å²) in [5, 5.41) is 6.14. The lowest BCUT2D eigenvalue weighted by Gasteiger charge is -2.09. The van der Waals surface area contributed by atoms with Gasteiger partial charge in [0.1, 0.15) is 0 Å². The van der Waals surface area contributed by atoms with E-state index in [0.29, 0.717) is 10.6 Å². The van der Waals surface area contributed by atoms with E-state index in [4.69, 9.17) is 0 Å². The van der Waals surface area contributed by atoms with Gasteiger partial charge in [-0.15, -0.1) is 10.2 Å². The predicted octanol–water partition coefficient (Wildman–Crippen LogP) is -0.744. The molecule has 9 nitrogen and oxygen atoms in total. The topological polar surface area (TPSA) is 113 Å². The van der Waals surface area contributed by atoms with Gasteiger partial charge in [0.15, 0.2) is 5.65 Å². The molecule has 2 aromatic rings. The van der Waals surface area contributed by atoms with Crippen LogP contribution in [0.4, 0.5) is 13.2 Å². The highest BCUT2D eigenvalue weighted by atomic mass is 32.2. The number of hydrogen-bond donors (Lipinski definition) is 0. The van der Waals surface area contributed by atoms with Gasteiger partial charge < -0.3 is 4.18 Å². The van der Waals surface area contributed by atoms with Crippen molar-refractivity contribution in [2.75, 3.05) is 0 Å². The number of alkyl halides is 3. The molecule has 2 rings (SSSR count). The van der Waals surface area contributed by atoms with Crippen molar-refractivity contribution in [3.8, 4) is 5.88 Å². The largest absolute Gasteiger partial charge is 0.534 e. The Morgan fingerprint density at radius 3 is 2.27 bits per heavy atom. The van der Waals surface area contributed by atoms with Gasteiger partial charge in [0, 0.05) is 20.2 Å². The van der Waals surface area contributed by atoms with E-state index >= 15 is 0 Å². The van der Waals surface area contributed by atoms with Gasteiger partial charge in [-0.1, -0.05) is 0 Å². The summed E-state index contributed by atoms with van der Waals surface area (Å²) in [7, 11) is -3.55. The summed E-state index contributed by atoms with van der Waals surface area (Å²) in [6, 6.07) is 0.660. The highest BCUT2D eigenvalue weighted by Gasteiger charge is 2.49. The first-order chi connectivity index (χ1) is 9.95. The lowest BCUT2D eigenvalue weighted by molar-refractivity contribution is -0.0501. The molecule has 0 fully saturated rings. The van der Waals surface area contributed by atoms with Crippen molar-refractivity contribution < 1.29 is 25.8 Å². The summed E-state index contributed by atoms with van der Waals surface area (Å²) in [4.78, 5) is 23.5. The molecule has 0 unspecified atom stereocenters. The van der Waals surface area contributed by atoms with E-state index in [1.165, 1.54) is 7.05 Å². The second-order valence-corrected chi connectivity index (χ2v) is 5.65. The number of aryl methyl sites for hydroxylation is 1. The molecule has 0 aliphatic rings. The SMILES string of the molecule is Cn1c(=O)c2cc(OS(=O)(=O)C(F)(F)F)nnc2n(C)c1=O. The average molecular weight is 340 g/mol. The molecule has 120 valence electrons. The molecule has 0 atom stereocenters. The highest BCUT2D eigenvalue weighted by molar-refractivity contribution is 7.87. The first-order valence-electron chi connectivity index (χ1n) is 5.40. The monoisotopic (exact) mass is 340 g/mol. The van der Waals surface area contributed by atoms with Crippen LogP contribution in [0, 0.1) is 0 Å². The molecular formula is C9H7F3N4O5S. The zero-order valence-corrected chi connectivity index (χ0v) is 11.8. The van der Waals surface area contributed by atoms with Crippen LogP contribution in [0.25, 0.3) is 11.0 Å². The zero-order chi connectivity index (χ0) is 16.9. The molecule has 2 aromatic heterocycles. The van der Waals surface area contributed by atoms with Crippen LogP contribution in [0.2, 0.25) is 0 Å². The molecule has 0 bridgehead atoms. The van der Waals surface area contributed by atoms with Crippen molar-refractivity contribution in [3.05, 3.63) is 26.9 Å². The minimum atomic E-state index is -5.94. The maximum Gasteiger partial charge on any atom is 0.534 e. The normalized spacial score (nSPS) is 12.6. The lowest BCUT2D eigenvalue weighted by Crippen LogP contribution is -2.37. The summed E-state index contributed by atoms with van der Waals surface area (Å²) in [6.45, 7) is 0. The third-order valence-electron chi connectivity index (χ3n) is 2.66. The molecule has 0 radical (unpaired) electrons. The van der Waals surface area contributed by atoms with Crippen molar-refractivity contribution in [3.63, 3.8) is 0 Å². The van der Waals surface area contributed by atoms with Crippen LogP contribution in [0.3, 0.4) is 0 Å². The number of hydrogen-bond acceptors (Lipinski definition) is 7. The van der Waals surface area contributed by atoms with Gasteiger partial charge in [0.25, 0.3) is 11.4 Å². The molecular weight excluding hydrogens is 333 g/mol. The van der Waals surface area contributed by atoms with Crippen molar-refractivity contribution in [2.45, 2.75) is 5.51 Å². The molecule has 0 aliphatic carbocycles. The Hall–Kier alpha value is -2.44. The smallest absolute Gasteiger partial charge is 0.354 e. The fraction of sp³-hybridized carbons (Fsp3) is 0.333. The summed E-state index contributed by atoms with van der Waals surface area (Å²) in [5.41, 5.74) is -7.51. The van der Waals surface area contributed by atoms with E-state index in [1.807, 2.05) is 0 Å². The van der Waals surface area contributed by atoms with Crippen LogP contribution in [-0.2, 0) is 24.2 Å². The Morgan fingerprint density at radius 1 is 1.14 bits per heavy atom.